The van der Waals surface area contributed by atoms with Crippen LogP contribution in [0.25, 0.3) is 0 Å². The van der Waals surface area contributed by atoms with Gasteiger partial charge in [0.2, 0.25) is 11.8 Å². The normalized spacial score (nSPS) is 30.5. The van der Waals surface area contributed by atoms with Gasteiger partial charge in [-0.2, -0.15) is 0 Å². The van der Waals surface area contributed by atoms with Gasteiger partial charge in [0, 0.05) is 29.8 Å². The first-order chi connectivity index (χ1) is 11.6. The second kappa shape index (κ2) is 7.34. The third-order valence-electron chi connectivity index (χ3n) is 6.05. The number of nitrogens with two attached hydrogens (primary N) is 1. The summed E-state index contributed by atoms with van der Waals surface area (Å²) in [4.78, 5) is 24.1. The molecule has 5 nitrogen and oxygen atoms in total. The van der Waals surface area contributed by atoms with Crippen LogP contribution in [-0.4, -0.2) is 17.9 Å². The standard InChI is InChI=1S/C19H25N3O2.ClH/c20-18-12-2-1-3-13(18)9-14(8-12)19(24)21-15-5-6-16-11(10-15)4-7-17(23)22-16;/h5-6,10,12-14,18H,1-4,7-9,20H2,(H,21,24)(H,22,23);1H. The van der Waals surface area contributed by atoms with Crippen molar-refractivity contribution in [2.24, 2.45) is 23.5 Å². The van der Waals surface area contributed by atoms with Crippen LogP contribution in [0.2, 0.25) is 0 Å². The van der Waals surface area contributed by atoms with Crippen LogP contribution in [0, 0.1) is 17.8 Å². The van der Waals surface area contributed by atoms with Crippen LogP contribution in [0.3, 0.4) is 0 Å². The van der Waals surface area contributed by atoms with Crippen molar-refractivity contribution < 1.29 is 9.59 Å². The van der Waals surface area contributed by atoms with Crippen molar-refractivity contribution in [3.8, 4) is 0 Å². The Kier molecular flexibility index (Phi) is 5.35. The van der Waals surface area contributed by atoms with Crippen LogP contribution in [0.5, 0.6) is 0 Å². The van der Waals surface area contributed by atoms with Crippen LogP contribution in [0.1, 0.15) is 44.1 Å². The number of halogens is 1. The molecule has 2 atom stereocenters. The Balaban J connectivity index is 0.00000182. The summed E-state index contributed by atoms with van der Waals surface area (Å²) in [5.74, 6) is 1.28. The van der Waals surface area contributed by atoms with Crippen LogP contribution < -0.4 is 16.4 Å². The number of hydrogen-bond donors (Lipinski definition) is 3. The van der Waals surface area contributed by atoms with E-state index in [-0.39, 0.29) is 36.2 Å². The molecule has 4 rings (SSSR count). The second-order valence-electron chi connectivity index (χ2n) is 7.61. The van der Waals surface area contributed by atoms with Crippen molar-refractivity contribution in [1.29, 1.82) is 0 Å². The minimum absolute atomic E-state index is 0. The summed E-state index contributed by atoms with van der Waals surface area (Å²) in [6, 6.07) is 6.03. The fourth-order valence-electron chi connectivity index (χ4n) is 4.71. The molecule has 2 fully saturated rings. The maximum Gasteiger partial charge on any atom is 0.227 e. The fourth-order valence-corrected chi connectivity index (χ4v) is 4.71. The molecule has 25 heavy (non-hydrogen) atoms. The van der Waals surface area contributed by atoms with Crippen LogP contribution in [0.4, 0.5) is 11.4 Å². The van der Waals surface area contributed by atoms with Crippen molar-refractivity contribution in [2.75, 3.05) is 10.6 Å². The first kappa shape index (κ1) is 18.2. The number of carbonyl (C=O) groups is 2. The molecule has 0 aromatic heterocycles. The Morgan fingerprint density at radius 2 is 1.88 bits per heavy atom. The van der Waals surface area contributed by atoms with Crippen LogP contribution >= 0.6 is 12.4 Å². The van der Waals surface area contributed by atoms with E-state index >= 15 is 0 Å². The van der Waals surface area contributed by atoms with E-state index in [1.807, 2.05) is 18.2 Å². The van der Waals surface area contributed by atoms with Gasteiger partial charge in [-0.15, -0.1) is 12.4 Å². The monoisotopic (exact) mass is 363 g/mol. The van der Waals surface area contributed by atoms with E-state index in [4.69, 9.17) is 5.73 Å². The molecule has 1 aliphatic heterocycles. The first-order valence-electron chi connectivity index (χ1n) is 9.09. The van der Waals surface area contributed by atoms with Gasteiger partial charge in [-0.1, -0.05) is 6.42 Å². The van der Waals surface area contributed by atoms with E-state index in [9.17, 15) is 9.59 Å². The maximum absolute atomic E-state index is 12.7. The van der Waals surface area contributed by atoms with Gasteiger partial charge >= 0.3 is 0 Å². The molecule has 3 aliphatic rings. The van der Waals surface area contributed by atoms with Crippen LogP contribution in [-0.2, 0) is 16.0 Å². The van der Waals surface area contributed by atoms with Gasteiger partial charge in [0.1, 0.15) is 0 Å². The van der Waals surface area contributed by atoms with Gasteiger partial charge in [-0.3, -0.25) is 9.59 Å². The highest BCUT2D eigenvalue weighted by molar-refractivity contribution is 5.96. The van der Waals surface area contributed by atoms with Crippen molar-refractivity contribution in [3.63, 3.8) is 0 Å². The molecule has 2 saturated carbocycles. The lowest BCUT2D eigenvalue weighted by Crippen LogP contribution is -2.48. The molecule has 2 amide bonds. The van der Waals surface area contributed by atoms with Gasteiger partial charge in [0.25, 0.3) is 0 Å². The summed E-state index contributed by atoms with van der Waals surface area (Å²) < 4.78 is 0. The molecule has 1 aromatic carbocycles. The number of nitrogens with one attached hydrogen (secondary N) is 2. The van der Waals surface area contributed by atoms with Crippen molar-refractivity contribution in [1.82, 2.24) is 0 Å². The third kappa shape index (κ3) is 3.67. The number of aryl methyl sites for hydroxylation is 1. The molecule has 1 aromatic rings. The minimum Gasteiger partial charge on any atom is -0.327 e. The van der Waals surface area contributed by atoms with Gasteiger partial charge in [-0.05, 0) is 67.7 Å². The van der Waals surface area contributed by atoms with E-state index in [0.29, 0.717) is 18.3 Å². The zero-order valence-electron chi connectivity index (χ0n) is 14.3. The molecule has 6 heteroatoms. The summed E-state index contributed by atoms with van der Waals surface area (Å²) in [6.45, 7) is 0. The molecule has 2 bridgehead atoms. The van der Waals surface area contributed by atoms with Crippen molar-refractivity contribution in [2.45, 2.75) is 51.0 Å². The molecule has 2 aliphatic carbocycles. The summed E-state index contributed by atoms with van der Waals surface area (Å²) >= 11 is 0. The third-order valence-corrected chi connectivity index (χ3v) is 6.05. The topological polar surface area (TPSA) is 84.2 Å². The van der Waals surface area contributed by atoms with E-state index < -0.39 is 0 Å². The highest BCUT2D eigenvalue weighted by atomic mass is 35.5. The SMILES string of the molecule is Cl.NC1C2CCCC1CC(C(=O)Nc1ccc3c(c1)CCC(=O)N3)C2. The van der Waals surface area contributed by atoms with Gasteiger partial charge in [0.05, 0.1) is 0 Å². The molecular formula is C19H26ClN3O2. The molecule has 1 heterocycles. The van der Waals surface area contributed by atoms with Crippen molar-refractivity contribution >= 4 is 35.6 Å². The zero-order valence-corrected chi connectivity index (χ0v) is 15.1. The number of anilines is 2. The molecular weight excluding hydrogens is 338 g/mol. The number of hydrogen-bond acceptors (Lipinski definition) is 3. The number of benzene rings is 1. The summed E-state index contributed by atoms with van der Waals surface area (Å²) in [5, 5.41) is 5.95. The van der Waals surface area contributed by atoms with Gasteiger partial charge in [0.15, 0.2) is 0 Å². The van der Waals surface area contributed by atoms with Gasteiger partial charge in [-0.25, -0.2) is 0 Å². The van der Waals surface area contributed by atoms with E-state index in [1.165, 1.54) is 19.3 Å². The van der Waals surface area contributed by atoms with E-state index in [2.05, 4.69) is 10.6 Å². The Bertz CT molecular complexity index is 665. The zero-order chi connectivity index (χ0) is 16.7. The Morgan fingerprint density at radius 1 is 1.16 bits per heavy atom. The molecule has 0 spiro atoms. The highest BCUT2D eigenvalue weighted by Gasteiger charge is 2.40. The Morgan fingerprint density at radius 3 is 2.60 bits per heavy atom. The summed E-state index contributed by atoms with van der Waals surface area (Å²) in [7, 11) is 0. The first-order valence-corrected chi connectivity index (χ1v) is 9.09. The second-order valence-corrected chi connectivity index (χ2v) is 7.61. The number of carbonyl (C=O) groups excluding carboxylic acids is 2. The Labute approximate surface area is 154 Å². The molecule has 0 saturated heterocycles. The van der Waals surface area contributed by atoms with E-state index in [0.717, 1.165) is 36.2 Å². The average Bonchev–Trinajstić information content (AvgIpc) is 2.54. The van der Waals surface area contributed by atoms with Crippen molar-refractivity contribution in [3.05, 3.63) is 23.8 Å². The average molecular weight is 364 g/mol. The molecule has 136 valence electrons. The summed E-state index contributed by atoms with van der Waals surface area (Å²) in [5.41, 5.74) is 9.11. The highest BCUT2D eigenvalue weighted by Crippen LogP contribution is 2.42. The predicted octanol–water partition coefficient (Wildman–Crippen LogP) is 3.09. The molecule has 0 radical (unpaired) electrons. The number of fused-ring (bicyclic) bond motifs is 3. The quantitative estimate of drug-likeness (QED) is 0.754. The van der Waals surface area contributed by atoms with E-state index in [1.54, 1.807) is 0 Å². The minimum atomic E-state index is 0. The number of amides is 2. The lowest BCUT2D eigenvalue weighted by Gasteiger charge is -2.43. The predicted molar refractivity (Wildman–Crippen MR) is 101 cm³/mol. The fraction of sp³-hybridized carbons (Fsp3) is 0.579. The Hall–Kier alpha value is -1.59. The lowest BCUT2D eigenvalue weighted by molar-refractivity contribution is -0.122. The largest absolute Gasteiger partial charge is 0.327 e. The smallest absolute Gasteiger partial charge is 0.227 e. The molecule has 2 unspecified atom stereocenters. The molecule has 4 N–H and O–H groups in total. The van der Waals surface area contributed by atoms with Crippen LogP contribution in [0.15, 0.2) is 18.2 Å². The lowest BCUT2D eigenvalue weighted by atomic mass is 9.65. The number of rotatable bonds is 2. The summed E-state index contributed by atoms with van der Waals surface area (Å²) in [6.07, 6.45) is 6.67. The maximum atomic E-state index is 12.7. The van der Waals surface area contributed by atoms with Gasteiger partial charge < -0.3 is 16.4 Å².